The number of nitrogens with zero attached hydrogens (tertiary/aromatic N) is 2. The van der Waals surface area contributed by atoms with Crippen LogP contribution in [0.25, 0.3) is 0 Å². The number of oxime groups is 1. The van der Waals surface area contributed by atoms with Crippen LogP contribution in [0.4, 0.5) is 13.2 Å². The van der Waals surface area contributed by atoms with Crippen LogP contribution in [-0.4, -0.2) is 41.1 Å². The van der Waals surface area contributed by atoms with Gasteiger partial charge in [0.05, 0.1) is 0 Å². The number of halogens is 3. The molecule has 8 heteroatoms. The van der Waals surface area contributed by atoms with Crippen molar-refractivity contribution in [1.82, 2.24) is 4.90 Å². The molecule has 98 valence electrons. The molecule has 0 aromatic carbocycles. The average Bonchev–Trinajstić information content (AvgIpc) is 2.26. The summed E-state index contributed by atoms with van der Waals surface area (Å²) in [4.78, 5) is 12.4. The molecule has 1 atom stereocenters. The van der Waals surface area contributed by atoms with Crippen LogP contribution in [0.5, 0.6) is 0 Å². The highest BCUT2D eigenvalue weighted by molar-refractivity contribution is 5.84. The molecule has 3 N–H and O–H groups in total. The molecule has 1 aliphatic heterocycles. The maximum Gasteiger partial charge on any atom is 0.397 e. The van der Waals surface area contributed by atoms with Crippen molar-refractivity contribution in [2.45, 2.75) is 25.4 Å². The molecule has 1 heterocycles. The Labute approximate surface area is 96.1 Å². The number of alkyl halides is 3. The van der Waals surface area contributed by atoms with Gasteiger partial charge in [0.2, 0.25) is 5.91 Å². The number of amidine groups is 1. The van der Waals surface area contributed by atoms with Crippen LogP contribution in [0.1, 0.15) is 19.3 Å². The van der Waals surface area contributed by atoms with E-state index in [2.05, 4.69) is 5.16 Å². The summed E-state index contributed by atoms with van der Waals surface area (Å²) >= 11 is 0. The van der Waals surface area contributed by atoms with E-state index in [1.165, 1.54) is 0 Å². The zero-order valence-corrected chi connectivity index (χ0v) is 9.07. The molecule has 0 bridgehead atoms. The number of rotatable bonds is 2. The van der Waals surface area contributed by atoms with Gasteiger partial charge in [0.25, 0.3) is 0 Å². The van der Waals surface area contributed by atoms with Gasteiger partial charge in [-0.25, -0.2) is 0 Å². The minimum absolute atomic E-state index is 0.0468. The van der Waals surface area contributed by atoms with Crippen LogP contribution in [0.3, 0.4) is 0 Å². The van der Waals surface area contributed by atoms with Gasteiger partial charge in [0.15, 0.2) is 0 Å². The fourth-order valence-electron chi connectivity index (χ4n) is 1.81. The number of carbonyl (C=O) groups excluding carboxylic acids is 1. The number of carbonyl (C=O) groups is 1. The normalized spacial score (nSPS) is 22.6. The molecule has 1 aliphatic rings. The Kier molecular flexibility index (Phi) is 4.19. The molecule has 1 unspecified atom stereocenters. The van der Waals surface area contributed by atoms with Crippen LogP contribution < -0.4 is 5.73 Å². The lowest BCUT2D eigenvalue weighted by atomic mass is 9.97. The highest BCUT2D eigenvalue weighted by Gasteiger charge is 2.35. The molecular weight excluding hydrogens is 239 g/mol. The topological polar surface area (TPSA) is 78.9 Å². The fourth-order valence-corrected chi connectivity index (χ4v) is 1.81. The standard InChI is InChI=1S/C9H14F3N3O2/c10-9(11,12)4-7(16)15-3-1-2-6(5-15)8(13)14-17/h6,17H,1-5H2,(H2,13,14). The minimum Gasteiger partial charge on any atom is -0.409 e. The number of hydrogen-bond acceptors (Lipinski definition) is 3. The Balaban J connectivity index is 2.58. The van der Waals surface area contributed by atoms with Gasteiger partial charge in [0, 0.05) is 19.0 Å². The second-order valence-electron chi connectivity index (χ2n) is 4.00. The zero-order chi connectivity index (χ0) is 13.1. The highest BCUT2D eigenvalue weighted by Crippen LogP contribution is 2.23. The minimum atomic E-state index is -4.50. The van der Waals surface area contributed by atoms with Gasteiger partial charge in [-0.3, -0.25) is 4.79 Å². The molecule has 17 heavy (non-hydrogen) atoms. The molecule has 1 rings (SSSR count). The molecule has 0 aromatic rings. The Morgan fingerprint density at radius 1 is 1.53 bits per heavy atom. The first-order chi connectivity index (χ1) is 7.83. The lowest BCUT2D eigenvalue weighted by Crippen LogP contribution is -2.45. The van der Waals surface area contributed by atoms with E-state index in [0.29, 0.717) is 12.8 Å². The van der Waals surface area contributed by atoms with Gasteiger partial charge in [-0.1, -0.05) is 5.16 Å². The molecule has 0 radical (unpaired) electrons. The van der Waals surface area contributed by atoms with Crippen molar-refractivity contribution in [2.24, 2.45) is 16.8 Å². The molecule has 0 spiro atoms. The maximum absolute atomic E-state index is 12.0. The maximum atomic E-state index is 12.0. The van der Waals surface area contributed by atoms with E-state index in [0.717, 1.165) is 4.90 Å². The summed E-state index contributed by atoms with van der Waals surface area (Å²) in [5, 5.41) is 11.3. The zero-order valence-electron chi connectivity index (χ0n) is 9.07. The molecular formula is C9H14F3N3O2. The predicted octanol–water partition coefficient (Wildman–Crippen LogP) is 0.924. The van der Waals surface area contributed by atoms with Crippen molar-refractivity contribution >= 4 is 11.7 Å². The molecule has 1 saturated heterocycles. The number of likely N-dealkylation sites (tertiary alicyclic amines) is 1. The van der Waals surface area contributed by atoms with Crippen LogP contribution in [0.15, 0.2) is 5.16 Å². The van der Waals surface area contributed by atoms with Crippen LogP contribution in [-0.2, 0) is 4.79 Å². The van der Waals surface area contributed by atoms with Gasteiger partial charge in [-0.2, -0.15) is 13.2 Å². The van der Waals surface area contributed by atoms with Crippen LogP contribution >= 0.6 is 0 Å². The molecule has 5 nitrogen and oxygen atoms in total. The molecule has 0 saturated carbocycles. The summed E-state index contributed by atoms with van der Waals surface area (Å²) < 4.78 is 36.1. The third kappa shape index (κ3) is 4.12. The van der Waals surface area contributed by atoms with Crippen molar-refractivity contribution < 1.29 is 23.2 Å². The first-order valence-electron chi connectivity index (χ1n) is 5.15. The van der Waals surface area contributed by atoms with Gasteiger partial charge in [-0.05, 0) is 12.8 Å². The molecule has 0 aromatic heterocycles. The summed E-state index contributed by atoms with van der Waals surface area (Å²) in [7, 11) is 0. The van der Waals surface area contributed by atoms with E-state index in [-0.39, 0.29) is 24.8 Å². The number of piperidine rings is 1. The highest BCUT2D eigenvalue weighted by atomic mass is 19.4. The van der Waals surface area contributed by atoms with Crippen molar-refractivity contribution in [2.75, 3.05) is 13.1 Å². The largest absolute Gasteiger partial charge is 0.409 e. The second kappa shape index (κ2) is 5.24. The Bertz CT molecular complexity index is 317. The Hall–Kier alpha value is -1.47. The van der Waals surface area contributed by atoms with E-state index >= 15 is 0 Å². The van der Waals surface area contributed by atoms with Gasteiger partial charge in [-0.15, -0.1) is 0 Å². The first-order valence-corrected chi connectivity index (χ1v) is 5.15. The third-order valence-corrected chi connectivity index (χ3v) is 2.66. The number of nitrogens with two attached hydrogens (primary N) is 1. The van der Waals surface area contributed by atoms with Crippen molar-refractivity contribution in [3.63, 3.8) is 0 Å². The molecule has 1 fully saturated rings. The Morgan fingerprint density at radius 2 is 2.18 bits per heavy atom. The second-order valence-corrected chi connectivity index (χ2v) is 4.00. The van der Waals surface area contributed by atoms with E-state index in [9.17, 15) is 18.0 Å². The number of amides is 1. The van der Waals surface area contributed by atoms with Gasteiger partial charge in [0.1, 0.15) is 12.3 Å². The smallest absolute Gasteiger partial charge is 0.397 e. The summed E-state index contributed by atoms with van der Waals surface area (Å²) in [6.07, 6.45) is -4.81. The van der Waals surface area contributed by atoms with E-state index in [1.54, 1.807) is 0 Å². The summed E-state index contributed by atoms with van der Waals surface area (Å²) in [6.45, 7) is 0.356. The molecule has 1 amide bonds. The van der Waals surface area contributed by atoms with Crippen molar-refractivity contribution in [3.05, 3.63) is 0 Å². The SMILES string of the molecule is NC(=NO)C1CCCN(C(=O)CC(F)(F)F)C1. The van der Waals surface area contributed by atoms with E-state index in [4.69, 9.17) is 10.9 Å². The van der Waals surface area contributed by atoms with Crippen molar-refractivity contribution in [1.29, 1.82) is 0 Å². The van der Waals surface area contributed by atoms with E-state index in [1.807, 2.05) is 0 Å². The van der Waals surface area contributed by atoms with Gasteiger partial charge >= 0.3 is 6.18 Å². The predicted molar refractivity (Wildman–Crippen MR) is 53.4 cm³/mol. The quantitative estimate of drug-likeness (QED) is 0.332. The van der Waals surface area contributed by atoms with Crippen LogP contribution in [0.2, 0.25) is 0 Å². The summed E-state index contributed by atoms with van der Waals surface area (Å²) in [5.74, 6) is -1.38. The average molecular weight is 253 g/mol. The lowest BCUT2D eigenvalue weighted by molar-refractivity contribution is -0.162. The molecule has 0 aliphatic carbocycles. The lowest BCUT2D eigenvalue weighted by Gasteiger charge is -2.32. The monoisotopic (exact) mass is 253 g/mol. The van der Waals surface area contributed by atoms with E-state index < -0.39 is 18.5 Å². The first kappa shape index (κ1) is 13.6. The third-order valence-electron chi connectivity index (χ3n) is 2.66. The van der Waals surface area contributed by atoms with Gasteiger partial charge < -0.3 is 15.8 Å². The Morgan fingerprint density at radius 3 is 2.71 bits per heavy atom. The fraction of sp³-hybridized carbons (Fsp3) is 0.778. The summed E-state index contributed by atoms with van der Waals surface area (Å²) in [5.41, 5.74) is 5.38. The van der Waals surface area contributed by atoms with Crippen molar-refractivity contribution in [3.8, 4) is 0 Å². The summed E-state index contributed by atoms with van der Waals surface area (Å²) in [6, 6.07) is 0. The number of hydrogen-bond donors (Lipinski definition) is 2. The van der Waals surface area contributed by atoms with Crippen LogP contribution in [0, 0.1) is 5.92 Å².